The third-order valence-electron chi connectivity index (χ3n) is 3.29. The number of halogens is 2. The highest BCUT2D eigenvalue weighted by molar-refractivity contribution is 8.00. The van der Waals surface area contributed by atoms with Crippen molar-refractivity contribution in [3.05, 3.63) is 11.6 Å². The minimum absolute atomic E-state index is 0.0205. The molecule has 1 aliphatic rings. The lowest BCUT2D eigenvalue weighted by Gasteiger charge is -2.41. The summed E-state index contributed by atoms with van der Waals surface area (Å²) in [6.45, 7) is 0.170. The van der Waals surface area contributed by atoms with E-state index in [0.717, 1.165) is 4.34 Å². The Morgan fingerprint density at radius 2 is 2.35 bits per heavy atom. The van der Waals surface area contributed by atoms with Crippen LogP contribution in [0.1, 0.15) is 25.7 Å². The van der Waals surface area contributed by atoms with Crippen molar-refractivity contribution in [1.82, 2.24) is 10.3 Å². The van der Waals surface area contributed by atoms with Crippen molar-refractivity contribution < 1.29 is 18.7 Å². The first kappa shape index (κ1) is 15.7. The van der Waals surface area contributed by atoms with Crippen molar-refractivity contribution in [3.8, 4) is 0 Å². The molecule has 2 rings (SSSR count). The van der Waals surface area contributed by atoms with Crippen molar-refractivity contribution in [2.24, 2.45) is 0 Å². The molecule has 4 nitrogen and oxygen atoms in total. The van der Waals surface area contributed by atoms with E-state index in [1.165, 1.54) is 23.1 Å². The second-order valence-corrected chi connectivity index (χ2v) is 6.95. The average Bonchev–Trinajstić information content (AvgIpc) is 2.88. The van der Waals surface area contributed by atoms with Crippen LogP contribution >= 0.6 is 23.1 Å². The van der Waals surface area contributed by atoms with Crippen molar-refractivity contribution >= 4 is 29.0 Å². The predicted molar refractivity (Wildman–Crippen MR) is 74.2 cm³/mol. The summed E-state index contributed by atoms with van der Waals surface area (Å²) < 4.78 is 28.3. The van der Waals surface area contributed by atoms with Crippen molar-refractivity contribution in [2.45, 2.75) is 41.5 Å². The van der Waals surface area contributed by atoms with Crippen LogP contribution in [0.15, 0.2) is 15.9 Å². The molecular formula is C12H16F2N2O2S2. The first-order chi connectivity index (χ1) is 9.46. The zero-order valence-corrected chi connectivity index (χ0v) is 12.4. The zero-order valence-electron chi connectivity index (χ0n) is 10.8. The summed E-state index contributed by atoms with van der Waals surface area (Å²) in [6, 6.07) is 0. The second kappa shape index (κ2) is 6.36. The van der Waals surface area contributed by atoms with Crippen molar-refractivity contribution in [3.63, 3.8) is 0 Å². The number of amides is 1. The molecule has 0 unspecified atom stereocenters. The van der Waals surface area contributed by atoms with Gasteiger partial charge in [0.05, 0.1) is 0 Å². The number of hydrogen-bond donors (Lipinski definition) is 2. The third kappa shape index (κ3) is 3.29. The van der Waals surface area contributed by atoms with E-state index >= 15 is 0 Å². The maximum atomic E-state index is 13.7. The summed E-state index contributed by atoms with van der Waals surface area (Å²) >= 11 is 3.04. The highest BCUT2D eigenvalue weighted by atomic mass is 32.2. The molecule has 0 spiro atoms. The van der Waals surface area contributed by atoms with Gasteiger partial charge in [-0.2, -0.15) is 8.78 Å². The molecule has 1 saturated carbocycles. The summed E-state index contributed by atoms with van der Waals surface area (Å²) in [5, 5.41) is 13.7. The molecule has 8 heteroatoms. The molecule has 0 aliphatic heterocycles. The van der Waals surface area contributed by atoms with Crippen molar-refractivity contribution in [2.75, 3.05) is 12.3 Å². The number of aromatic nitrogens is 1. The van der Waals surface area contributed by atoms with Crippen LogP contribution in [0, 0.1) is 0 Å². The Morgan fingerprint density at radius 1 is 1.60 bits per heavy atom. The van der Waals surface area contributed by atoms with Gasteiger partial charge in [-0.25, -0.2) is 4.98 Å². The smallest absolute Gasteiger partial charge is 0.352 e. The van der Waals surface area contributed by atoms with Gasteiger partial charge in [-0.15, -0.1) is 11.3 Å². The number of thioether (sulfide) groups is 1. The summed E-state index contributed by atoms with van der Waals surface area (Å²) in [7, 11) is 0. The topological polar surface area (TPSA) is 62.2 Å². The van der Waals surface area contributed by atoms with E-state index in [1.54, 1.807) is 6.20 Å². The second-order valence-electron chi connectivity index (χ2n) is 4.72. The summed E-state index contributed by atoms with van der Waals surface area (Å²) in [5.41, 5.74) is -2.15. The van der Waals surface area contributed by atoms with Crippen LogP contribution in [-0.2, 0) is 4.79 Å². The van der Waals surface area contributed by atoms with Crippen LogP contribution in [0.2, 0.25) is 0 Å². The predicted octanol–water partition coefficient (Wildman–Crippen LogP) is 2.29. The number of nitrogens with zero attached hydrogens (tertiary/aromatic N) is 1. The highest BCUT2D eigenvalue weighted by Crippen LogP contribution is 2.44. The van der Waals surface area contributed by atoms with Gasteiger partial charge >= 0.3 is 5.92 Å². The summed E-state index contributed by atoms with van der Waals surface area (Å²) in [4.78, 5) is 15.5. The lowest BCUT2D eigenvalue weighted by molar-refractivity contribution is -0.215. The fraction of sp³-hybridized carbons (Fsp3) is 0.667. The van der Waals surface area contributed by atoms with Gasteiger partial charge in [-0.05, 0) is 25.7 Å². The average molecular weight is 322 g/mol. The Hall–Kier alpha value is -0.730. The highest BCUT2D eigenvalue weighted by Gasteiger charge is 2.60. The van der Waals surface area contributed by atoms with E-state index in [4.69, 9.17) is 0 Å². The number of carbonyl (C=O) groups is 1. The molecule has 1 heterocycles. The molecule has 0 atom stereocenters. The third-order valence-corrected chi connectivity index (χ3v) is 5.34. The molecule has 0 aromatic carbocycles. The van der Waals surface area contributed by atoms with Gasteiger partial charge in [0.15, 0.2) is 0 Å². The first-order valence-electron chi connectivity index (χ1n) is 6.36. The van der Waals surface area contributed by atoms with Crippen LogP contribution in [0.4, 0.5) is 8.78 Å². The molecule has 0 saturated heterocycles. The largest absolute Gasteiger partial charge is 0.383 e. The van der Waals surface area contributed by atoms with Gasteiger partial charge in [0.25, 0.3) is 5.91 Å². The molecule has 2 N–H and O–H groups in total. The standard InChI is InChI=1S/C12H16F2N2O2S2/c13-12(14,11(18)3-1-4-11)9(17)15-5-2-7-19-10-16-6-8-20-10/h6,8,18H,1-5,7H2,(H,15,17). The molecule has 20 heavy (non-hydrogen) atoms. The monoisotopic (exact) mass is 322 g/mol. The van der Waals surface area contributed by atoms with Crippen LogP contribution in [0.25, 0.3) is 0 Å². The van der Waals surface area contributed by atoms with Crippen LogP contribution < -0.4 is 5.32 Å². The molecule has 1 aliphatic carbocycles. The quantitative estimate of drug-likeness (QED) is 0.597. The summed E-state index contributed by atoms with van der Waals surface area (Å²) in [6.07, 6.45) is 2.77. The van der Waals surface area contributed by atoms with E-state index in [0.29, 0.717) is 18.6 Å². The Labute approximate surface area is 124 Å². The molecule has 112 valence electrons. The van der Waals surface area contributed by atoms with Crippen LogP contribution in [0.5, 0.6) is 0 Å². The van der Waals surface area contributed by atoms with Crippen LogP contribution in [0.3, 0.4) is 0 Å². The fourth-order valence-electron chi connectivity index (χ4n) is 1.86. The molecular weight excluding hydrogens is 306 g/mol. The first-order valence-corrected chi connectivity index (χ1v) is 8.23. The van der Waals surface area contributed by atoms with E-state index in [-0.39, 0.29) is 19.4 Å². The van der Waals surface area contributed by atoms with Gasteiger partial charge in [-0.3, -0.25) is 4.79 Å². The number of hydrogen-bond acceptors (Lipinski definition) is 5. The molecule has 0 radical (unpaired) electrons. The number of carbonyl (C=O) groups excluding carboxylic acids is 1. The van der Waals surface area contributed by atoms with E-state index in [1.807, 2.05) is 5.38 Å². The number of thiazole rings is 1. The van der Waals surface area contributed by atoms with E-state index in [2.05, 4.69) is 10.3 Å². The number of rotatable bonds is 7. The van der Waals surface area contributed by atoms with Crippen LogP contribution in [-0.4, -0.2) is 39.8 Å². The lowest BCUT2D eigenvalue weighted by atomic mass is 9.75. The lowest BCUT2D eigenvalue weighted by Crippen LogP contribution is -2.60. The number of aliphatic hydroxyl groups is 1. The SMILES string of the molecule is O=C(NCCCSc1nccs1)C(F)(F)C1(O)CCC1. The normalized spacial score (nSPS) is 17.6. The minimum atomic E-state index is -3.70. The van der Waals surface area contributed by atoms with E-state index in [9.17, 15) is 18.7 Å². The van der Waals surface area contributed by atoms with Gasteiger partial charge in [-0.1, -0.05) is 11.8 Å². The zero-order chi connectivity index (χ0) is 14.6. The van der Waals surface area contributed by atoms with Gasteiger partial charge in [0, 0.05) is 23.9 Å². The molecule has 1 fully saturated rings. The van der Waals surface area contributed by atoms with E-state index < -0.39 is 17.4 Å². The Morgan fingerprint density at radius 3 is 2.90 bits per heavy atom. The number of alkyl halides is 2. The summed E-state index contributed by atoms with van der Waals surface area (Å²) in [5.74, 6) is -4.38. The Bertz CT molecular complexity index is 450. The molecule has 1 aromatic rings. The molecule has 0 bridgehead atoms. The maximum absolute atomic E-state index is 13.7. The minimum Gasteiger partial charge on any atom is -0.383 e. The van der Waals surface area contributed by atoms with Crippen molar-refractivity contribution in [1.29, 1.82) is 0 Å². The molecule has 1 aromatic heterocycles. The fourth-order valence-corrected chi connectivity index (χ4v) is 3.51. The molecule has 1 amide bonds. The van der Waals surface area contributed by atoms with Gasteiger partial charge < -0.3 is 10.4 Å². The maximum Gasteiger partial charge on any atom is 0.352 e. The van der Waals surface area contributed by atoms with Gasteiger partial charge in [0.1, 0.15) is 9.94 Å². The Kier molecular flexibility index (Phi) is 4.98. The Balaban J connectivity index is 1.67. The van der Waals surface area contributed by atoms with Gasteiger partial charge in [0.2, 0.25) is 0 Å². The number of nitrogens with one attached hydrogen (secondary N) is 1.